The highest BCUT2D eigenvalue weighted by Crippen LogP contribution is 2.50. The minimum atomic E-state index is -4.39. The third-order valence-corrected chi connectivity index (χ3v) is 8.22. The molecule has 0 saturated carbocycles. The fraction of sp³-hybridized carbons (Fsp3) is 0.370. The van der Waals surface area contributed by atoms with Gasteiger partial charge in [0.2, 0.25) is 0 Å². The van der Waals surface area contributed by atoms with E-state index in [1.54, 1.807) is 61.5 Å². The highest BCUT2D eigenvalue weighted by molar-refractivity contribution is 7.51. The molecule has 1 aliphatic heterocycles. The number of aliphatic hydroxyl groups is 1. The van der Waals surface area contributed by atoms with Crippen LogP contribution in [0, 0.1) is 0 Å². The number of rotatable bonds is 13. The molecule has 0 spiro atoms. The van der Waals surface area contributed by atoms with E-state index in [0.717, 1.165) is 22.4 Å². The van der Waals surface area contributed by atoms with Gasteiger partial charge in [0, 0.05) is 23.7 Å². The first kappa shape index (κ1) is 31.9. The third kappa shape index (κ3) is 7.48. The number of nitrogens with zero attached hydrogens (tertiary/aromatic N) is 4. The average molecular weight is 615 g/mol. The van der Waals surface area contributed by atoms with Gasteiger partial charge in [-0.3, -0.25) is 23.4 Å². The molecule has 15 nitrogen and oxygen atoms in total. The second-order valence-electron chi connectivity index (χ2n) is 9.67. The molecule has 2 heterocycles. The normalized spacial score (nSPS) is 23.6. The minimum absolute atomic E-state index is 0.0162. The summed E-state index contributed by atoms with van der Waals surface area (Å²) in [7, 11) is -4.39. The number of aromatic amines is 1. The van der Waals surface area contributed by atoms with Crippen LogP contribution in [0.3, 0.4) is 0 Å². The number of carbonyl (C=O) groups excluding carboxylic acids is 1. The Kier molecular flexibility index (Phi) is 10.3. The number of hydrogen-bond acceptors (Lipinski definition) is 10. The molecule has 1 aliphatic rings. The fourth-order valence-corrected chi connectivity index (χ4v) is 5.92. The van der Waals surface area contributed by atoms with Gasteiger partial charge in [0.15, 0.2) is 12.3 Å². The van der Waals surface area contributed by atoms with Crippen molar-refractivity contribution >= 4 is 13.7 Å². The van der Waals surface area contributed by atoms with Gasteiger partial charge >= 0.3 is 19.4 Å². The highest BCUT2D eigenvalue weighted by Gasteiger charge is 2.55. The summed E-state index contributed by atoms with van der Waals surface area (Å²) in [5, 5.41) is 17.6. The van der Waals surface area contributed by atoms with Crippen molar-refractivity contribution in [2.24, 2.45) is 5.11 Å². The predicted molar refractivity (Wildman–Crippen MR) is 153 cm³/mol. The van der Waals surface area contributed by atoms with Crippen LogP contribution in [0.2, 0.25) is 0 Å². The van der Waals surface area contributed by atoms with E-state index in [0.29, 0.717) is 5.56 Å². The maximum Gasteiger partial charge on any atom is 0.407 e. The zero-order valence-electron chi connectivity index (χ0n) is 23.3. The molecule has 3 N–H and O–H groups in total. The molecule has 228 valence electrons. The lowest BCUT2D eigenvalue weighted by molar-refractivity contribution is -0.152. The lowest BCUT2D eigenvalue weighted by atomic mass is 9.93. The number of azide groups is 1. The van der Waals surface area contributed by atoms with Crippen LogP contribution >= 0.6 is 7.75 Å². The molecule has 6 atom stereocenters. The van der Waals surface area contributed by atoms with E-state index in [-0.39, 0.29) is 13.2 Å². The standard InChI is InChI=1S/C27H31N6O9P/c1-3-39-24(36)22(19-12-8-5-9-13-19)42-43(38,29-16-18-10-6-4-7-11-18)40-17-20-23(35)27(2,31-32-28)25(41-20)33-15-14-21(34)30-26(33)37/h4-15,20,22-23,25,35H,3,16-17H2,1-2H3,(H,29,38)(H,30,34,37)/t20-,22?,23-,25-,27-,43?/m1/s1. The number of hydrogen-bond donors (Lipinski definition) is 3. The van der Waals surface area contributed by atoms with Gasteiger partial charge in [-0.25, -0.2) is 19.2 Å². The Hall–Kier alpha value is -4.07. The van der Waals surface area contributed by atoms with E-state index in [2.05, 4.69) is 20.1 Å². The second kappa shape index (κ2) is 13.9. The smallest absolute Gasteiger partial charge is 0.407 e. The number of benzene rings is 2. The van der Waals surface area contributed by atoms with Crippen LogP contribution in [-0.2, 0) is 34.4 Å². The lowest BCUT2D eigenvalue weighted by Gasteiger charge is -2.28. The van der Waals surface area contributed by atoms with Crippen LogP contribution in [0.5, 0.6) is 0 Å². The largest absolute Gasteiger partial charge is 0.464 e. The van der Waals surface area contributed by atoms with Gasteiger partial charge in [0.05, 0.1) is 19.3 Å². The second-order valence-corrected chi connectivity index (χ2v) is 11.4. The SMILES string of the molecule is CCOC(=O)C(OP(=O)(NCc1ccccc1)OC[C@H]1O[C@@H](n2ccc(=O)[nH]c2=O)[C@](C)(N=[N+]=[N-])[C@@H]1O)c1ccccc1. The van der Waals surface area contributed by atoms with E-state index in [4.69, 9.17) is 18.5 Å². The predicted octanol–water partition coefficient (Wildman–Crippen LogP) is 3.10. The van der Waals surface area contributed by atoms with Crippen molar-refractivity contribution in [2.75, 3.05) is 13.2 Å². The number of H-pyrrole nitrogens is 1. The topological polar surface area (TPSA) is 207 Å². The molecular weight excluding hydrogens is 583 g/mol. The van der Waals surface area contributed by atoms with E-state index in [1.165, 1.54) is 6.92 Å². The van der Waals surface area contributed by atoms with E-state index in [1.807, 2.05) is 6.07 Å². The molecule has 43 heavy (non-hydrogen) atoms. The number of aromatic nitrogens is 2. The van der Waals surface area contributed by atoms with Crippen LogP contribution in [0.1, 0.15) is 37.3 Å². The molecule has 0 bridgehead atoms. The fourth-order valence-electron chi connectivity index (χ4n) is 4.49. The van der Waals surface area contributed by atoms with Crippen molar-refractivity contribution in [3.63, 3.8) is 0 Å². The summed E-state index contributed by atoms with van der Waals surface area (Å²) in [4.78, 5) is 41.9. The number of nitrogens with one attached hydrogen (secondary N) is 2. The highest BCUT2D eigenvalue weighted by atomic mass is 31.2. The van der Waals surface area contributed by atoms with Crippen LogP contribution in [-0.4, -0.2) is 51.6 Å². The van der Waals surface area contributed by atoms with Gasteiger partial charge in [-0.15, -0.1) is 0 Å². The van der Waals surface area contributed by atoms with Crippen molar-refractivity contribution in [3.05, 3.63) is 115 Å². The molecular formula is C27H31N6O9P. The van der Waals surface area contributed by atoms with E-state index in [9.17, 15) is 29.6 Å². The lowest BCUT2D eigenvalue weighted by Crippen LogP contribution is -2.45. The number of ether oxygens (including phenoxy) is 2. The third-order valence-electron chi connectivity index (χ3n) is 6.69. The molecule has 2 unspecified atom stereocenters. The summed E-state index contributed by atoms with van der Waals surface area (Å²) in [5.41, 5.74) is 7.02. The molecule has 16 heteroatoms. The summed E-state index contributed by atoms with van der Waals surface area (Å²) in [6.07, 6.45) is -4.54. The van der Waals surface area contributed by atoms with Crippen LogP contribution in [0.25, 0.3) is 10.4 Å². The number of aliphatic hydroxyl groups excluding tert-OH is 1. The van der Waals surface area contributed by atoms with Gasteiger partial charge in [-0.1, -0.05) is 65.8 Å². The van der Waals surface area contributed by atoms with Crippen LogP contribution in [0.15, 0.2) is 87.6 Å². The molecule has 3 aromatic rings. The Bertz CT molecular complexity index is 1610. The van der Waals surface area contributed by atoms with Crippen LogP contribution in [0.4, 0.5) is 0 Å². The van der Waals surface area contributed by atoms with Gasteiger partial charge in [0.1, 0.15) is 11.6 Å². The first-order valence-electron chi connectivity index (χ1n) is 13.2. The molecule has 4 rings (SSSR count). The molecule has 1 saturated heterocycles. The summed E-state index contributed by atoms with van der Waals surface area (Å²) in [5.74, 6) is -0.801. The van der Waals surface area contributed by atoms with Gasteiger partial charge in [0.25, 0.3) is 5.56 Å². The molecule has 2 aromatic carbocycles. The quantitative estimate of drug-likeness (QED) is 0.0843. The Morgan fingerprint density at radius 1 is 1.21 bits per heavy atom. The summed E-state index contributed by atoms with van der Waals surface area (Å²) < 4.78 is 37.8. The maximum absolute atomic E-state index is 14.2. The molecule has 0 amide bonds. The first-order chi connectivity index (χ1) is 20.6. The van der Waals surface area contributed by atoms with Gasteiger partial charge in [-0.05, 0) is 30.5 Å². The van der Waals surface area contributed by atoms with E-state index < -0.39 is 61.7 Å². The van der Waals surface area contributed by atoms with Crippen molar-refractivity contribution in [1.82, 2.24) is 14.6 Å². The van der Waals surface area contributed by atoms with Crippen LogP contribution < -0.4 is 16.3 Å². The average Bonchev–Trinajstić information content (AvgIpc) is 3.24. The van der Waals surface area contributed by atoms with Crippen molar-refractivity contribution in [1.29, 1.82) is 0 Å². The summed E-state index contributed by atoms with van der Waals surface area (Å²) in [6.45, 7) is 2.45. The Morgan fingerprint density at radius 3 is 2.51 bits per heavy atom. The molecule has 0 aliphatic carbocycles. The Morgan fingerprint density at radius 2 is 1.88 bits per heavy atom. The maximum atomic E-state index is 14.2. The van der Waals surface area contributed by atoms with Crippen molar-refractivity contribution in [3.8, 4) is 0 Å². The van der Waals surface area contributed by atoms with Crippen molar-refractivity contribution in [2.45, 2.75) is 50.5 Å². The summed E-state index contributed by atoms with van der Waals surface area (Å²) in [6, 6.07) is 18.3. The first-order valence-corrected chi connectivity index (χ1v) is 14.8. The van der Waals surface area contributed by atoms with Gasteiger partial charge < -0.3 is 14.6 Å². The van der Waals surface area contributed by atoms with Crippen molar-refractivity contribution < 1.29 is 33.0 Å². The zero-order chi connectivity index (χ0) is 31.0. The molecule has 0 radical (unpaired) electrons. The molecule has 1 fully saturated rings. The van der Waals surface area contributed by atoms with E-state index >= 15 is 0 Å². The Labute approximate surface area is 245 Å². The monoisotopic (exact) mass is 614 g/mol. The number of esters is 1. The Balaban J connectivity index is 1.63. The molecule has 1 aromatic heterocycles. The minimum Gasteiger partial charge on any atom is -0.464 e. The summed E-state index contributed by atoms with van der Waals surface area (Å²) >= 11 is 0. The number of carbonyl (C=O) groups is 1. The van der Waals surface area contributed by atoms with Gasteiger partial charge in [-0.2, -0.15) is 0 Å². The zero-order valence-corrected chi connectivity index (χ0v) is 24.2.